The summed E-state index contributed by atoms with van der Waals surface area (Å²) in [6, 6.07) is 6.04. The normalized spacial score (nSPS) is 10.8. The van der Waals surface area contributed by atoms with Crippen molar-refractivity contribution in [2.24, 2.45) is 0 Å². The quantitative estimate of drug-likeness (QED) is 0.914. The first-order chi connectivity index (χ1) is 9.08. The van der Waals surface area contributed by atoms with Gasteiger partial charge in [-0.05, 0) is 26.1 Å². The molecule has 0 amide bonds. The second-order valence-corrected chi connectivity index (χ2v) is 4.83. The lowest BCUT2D eigenvalue weighted by atomic mass is 10.0. The molecule has 0 fully saturated rings. The predicted molar refractivity (Wildman–Crippen MR) is 80.1 cm³/mol. The Bertz CT molecular complexity index is 593. The maximum atomic E-state index is 5.27. The summed E-state index contributed by atoms with van der Waals surface area (Å²) in [7, 11) is 7.77. The molecule has 2 aromatic rings. The van der Waals surface area contributed by atoms with Crippen molar-refractivity contribution < 1.29 is 4.74 Å². The highest BCUT2D eigenvalue weighted by molar-refractivity contribution is 5.94. The number of aryl methyl sites for hydroxylation is 1. The van der Waals surface area contributed by atoms with E-state index in [4.69, 9.17) is 9.72 Å². The molecule has 0 radical (unpaired) electrons. The van der Waals surface area contributed by atoms with Crippen molar-refractivity contribution in [2.45, 2.75) is 13.5 Å². The van der Waals surface area contributed by atoms with Crippen LogP contribution in [0.2, 0.25) is 0 Å². The van der Waals surface area contributed by atoms with Crippen LogP contribution in [0.25, 0.3) is 10.9 Å². The van der Waals surface area contributed by atoms with E-state index in [-0.39, 0.29) is 0 Å². The zero-order valence-electron chi connectivity index (χ0n) is 12.2. The van der Waals surface area contributed by atoms with Crippen molar-refractivity contribution in [1.29, 1.82) is 0 Å². The van der Waals surface area contributed by atoms with E-state index in [9.17, 15) is 0 Å². The number of fused-ring (bicyclic) bond motifs is 1. The molecule has 2 rings (SSSR count). The van der Waals surface area contributed by atoms with Crippen LogP contribution in [0.5, 0.6) is 5.75 Å². The number of nitrogens with one attached hydrogen (secondary N) is 1. The van der Waals surface area contributed by atoms with Gasteiger partial charge in [0.15, 0.2) is 0 Å². The average Bonchev–Trinajstić information content (AvgIpc) is 2.38. The second-order valence-electron chi connectivity index (χ2n) is 4.83. The molecule has 4 nitrogen and oxygen atoms in total. The molecule has 1 aromatic carbocycles. The largest absolute Gasteiger partial charge is 0.497 e. The van der Waals surface area contributed by atoms with Crippen molar-refractivity contribution >= 4 is 16.6 Å². The molecule has 1 N–H and O–H groups in total. The monoisotopic (exact) mass is 259 g/mol. The number of rotatable bonds is 4. The minimum atomic E-state index is 0.814. The van der Waals surface area contributed by atoms with Crippen LogP contribution in [0.15, 0.2) is 18.2 Å². The molecule has 0 atom stereocenters. The van der Waals surface area contributed by atoms with Crippen LogP contribution in [0.3, 0.4) is 0 Å². The number of benzene rings is 1. The highest BCUT2D eigenvalue weighted by Gasteiger charge is 2.14. The van der Waals surface area contributed by atoms with Crippen molar-refractivity contribution in [3.05, 3.63) is 29.5 Å². The first-order valence-electron chi connectivity index (χ1n) is 6.37. The lowest BCUT2D eigenvalue weighted by Gasteiger charge is -2.21. The van der Waals surface area contributed by atoms with Gasteiger partial charge in [0.25, 0.3) is 0 Å². The number of methoxy groups -OCH3 is 1. The maximum absolute atomic E-state index is 5.27. The van der Waals surface area contributed by atoms with Gasteiger partial charge in [-0.25, -0.2) is 0 Å². The standard InChI is InChI=1S/C15H21N3O/c1-10-13(9-16-2)15(18(3)4)12-7-6-11(19-5)8-14(12)17-10/h6-8,16H,9H2,1-5H3. The Morgan fingerprint density at radius 2 is 2.05 bits per heavy atom. The molecule has 0 bridgehead atoms. The molecule has 4 heteroatoms. The van der Waals surface area contributed by atoms with Gasteiger partial charge in [0, 0.05) is 43.4 Å². The number of pyridine rings is 1. The van der Waals surface area contributed by atoms with Crippen LogP contribution >= 0.6 is 0 Å². The number of nitrogens with zero attached hydrogens (tertiary/aromatic N) is 2. The molecule has 1 aromatic heterocycles. The minimum absolute atomic E-state index is 0.814. The summed E-state index contributed by atoms with van der Waals surface area (Å²) in [6.45, 7) is 2.87. The molecule has 0 saturated carbocycles. The summed E-state index contributed by atoms with van der Waals surface area (Å²) in [5.74, 6) is 0.838. The fourth-order valence-corrected chi connectivity index (χ4v) is 2.41. The highest BCUT2D eigenvalue weighted by Crippen LogP contribution is 2.32. The fraction of sp³-hybridized carbons (Fsp3) is 0.400. The van der Waals surface area contributed by atoms with E-state index in [0.29, 0.717) is 0 Å². The number of anilines is 1. The molecule has 1 heterocycles. The lowest BCUT2D eigenvalue weighted by molar-refractivity contribution is 0.415. The van der Waals surface area contributed by atoms with Gasteiger partial charge in [-0.2, -0.15) is 0 Å². The van der Waals surface area contributed by atoms with E-state index in [0.717, 1.165) is 28.9 Å². The second kappa shape index (κ2) is 5.45. The fourth-order valence-electron chi connectivity index (χ4n) is 2.41. The Labute approximate surface area is 114 Å². The van der Waals surface area contributed by atoms with Gasteiger partial charge in [-0.15, -0.1) is 0 Å². The smallest absolute Gasteiger partial charge is 0.121 e. The molecule has 102 valence electrons. The van der Waals surface area contributed by atoms with E-state index in [1.807, 2.05) is 19.2 Å². The van der Waals surface area contributed by atoms with E-state index < -0.39 is 0 Å². The Hall–Kier alpha value is -1.81. The summed E-state index contributed by atoms with van der Waals surface area (Å²) in [5, 5.41) is 4.37. The van der Waals surface area contributed by atoms with Gasteiger partial charge in [0.2, 0.25) is 0 Å². The van der Waals surface area contributed by atoms with Gasteiger partial charge in [-0.1, -0.05) is 0 Å². The zero-order valence-corrected chi connectivity index (χ0v) is 12.2. The van der Waals surface area contributed by atoms with Gasteiger partial charge in [0.1, 0.15) is 5.75 Å². The number of hydrogen-bond acceptors (Lipinski definition) is 4. The molecular formula is C15H21N3O. The Kier molecular flexibility index (Phi) is 3.90. The minimum Gasteiger partial charge on any atom is -0.497 e. The highest BCUT2D eigenvalue weighted by atomic mass is 16.5. The van der Waals surface area contributed by atoms with Gasteiger partial charge in [-0.3, -0.25) is 4.98 Å². The lowest BCUT2D eigenvalue weighted by Crippen LogP contribution is -2.17. The first-order valence-corrected chi connectivity index (χ1v) is 6.37. The van der Waals surface area contributed by atoms with Crippen LogP contribution < -0.4 is 15.0 Å². The summed E-state index contributed by atoms with van der Waals surface area (Å²) >= 11 is 0. The van der Waals surface area contributed by atoms with Gasteiger partial charge < -0.3 is 15.0 Å². The topological polar surface area (TPSA) is 37.4 Å². The summed E-state index contributed by atoms with van der Waals surface area (Å²) < 4.78 is 5.27. The Balaban J connectivity index is 2.76. The van der Waals surface area contributed by atoms with Crippen LogP contribution in [0, 0.1) is 6.92 Å². The third-order valence-corrected chi connectivity index (χ3v) is 3.27. The van der Waals surface area contributed by atoms with Gasteiger partial charge in [0.05, 0.1) is 18.3 Å². The molecule has 0 saturated heterocycles. The summed E-state index contributed by atoms with van der Waals surface area (Å²) in [4.78, 5) is 6.85. The molecular weight excluding hydrogens is 238 g/mol. The number of ether oxygens (including phenoxy) is 1. The predicted octanol–water partition coefficient (Wildman–Crippen LogP) is 2.34. The van der Waals surface area contributed by atoms with Crippen molar-refractivity contribution in [2.75, 3.05) is 33.2 Å². The molecule has 0 aliphatic carbocycles. The Morgan fingerprint density at radius 3 is 2.63 bits per heavy atom. The first kappa shape index (κ1) is 13.6. The zero-order chi connectivity index (χ0) is 14.0. The van der Waals surface area contributed by atoms with E-state index in [2.05, 4.69) is 37.3 Å². The molecule has 19 heavy (non-hydrogen) atoms. The van der Waals surface area contributed by atoms with Crippen LogP contribution in [-0.4, -0.2) is 33.2 Å². The molecule has 0 aliphatic heterocycles. The van der Waals surface area contributed by atoms with E-state index in [1.54, 1.807) is 7.11 Å². The third kappa shape index (κ3) is 2.49. The van der Waals surface area contributed by atoms with Crippen LogP contribution in [0.1, 0.15) is 11.3 Å². The summed E-state index contributed by atoms with van der Waals surface area (Å²) in [5.41, 5.74) is 4.49. The number of hydrogen-bond donors (Lipinski definition) is 1. The SMILES string of the molecule is CNCc1c(C)nc2cc(OC)ccc2c1N(C)C. The maximum Gasteiger partial charge on any atom is 0.121 e. The average molecular weight is 259 g/mol. The van der Waals surface area contributed by atoms with Crippen molar-refractivity contribution in [3.8, 4) is 5.75 Å². The number of aromatic nitrogens is 1. The molecule has 0 spiro atoms. The molecule has 0 aliphatic rings. The molecule has 0 unspecified atom stereocenters. The van der Waals surface area contributed by atoms with E-state index >= 15 is 0 Å². The van der Waals surface area contributed by atoms with Gasteiger partial charge >= 0.3 is 0 Å². The van der Waals surface area contributed by atoms with Crippen LogP contribution in [0.4, 0.5) is 5.69 Å². The third-order valence-electron chi connectivity index (χ3n) is 3.27. The van der Waals surface area contributed by atoms with Crippen LogP contribution in [-0.2, 0) is 6.54 Å². The van der Waals surface area contributed by atoms with Crippen molar-refractivity contribution in [3.63, 3.8) is 0 Å². The van der Waals surface area contributed by atoms with E-state index in [1.165, 1.54) is 11.3 Å². The summed E-state index contributed by atoms with van der Waals surface area (Å²) in [6.07, 6.45) is 0. The Morgan fingerprint density at radius 1 is 1.32 bits per heavy atom. The van der Waals surface area contributed by atoms with Crippen molar-refractivity contribution in [1.82, 2.24) is 10.3 Å².